The fourth-order valence-electron chi connectivity index (χ4n) is 4.14. The van der Waals surface area contributed by atoms with E-state index in [1.165, 1.54) is 16.8 Å². The summed E-state index contributed by atoms with van der Waals surface area (Å²) >= 11 is 0. The van der Waals surface area contributed by atoms with Crippen molar-refractivity contribution in [1.82, 2.24) is 14.9 Å². The Hall–Kier alpha value is -3.86. The third kappa shape index (κ3) is 4.08. The first kappa shape index (κ1) is 19.1. The predicted octanol–water partition coefficient (Wildman–Crippen LogP) is 4.37. The fraction of sp³-hybridized carbons (Fsp3) is 0.154. The molecule has 0 saturated heterocycles. The second-order valence-electron chi connectivity index (χ2n) is 7.78. The summed E-state index contributed by atoms with van der Waals surface area (Å²) in [7, 11) is 0. The summed E-state index contributed by atoms with van der Waals surface area (Å²) in [5.74, 6) is -0.0708. The molecule has 0 spiro atoms. The molecular weight excluding hydrogens is 384 g/mol. The molecule has 0 radical (unpaired) electrons. The third-order valence-corrected chi connectivity index (χ3v) is 5.79. The maximum absolute atomic E-state index is 12.7. The molecule has 0 saturated carbocycles. The van der Waals surface area contributed by atoms with Crippen LogP contribution in [0.1, 0.15) is 27.0 Å². The molecular formula is C26H24N4O. The van der Waals surface area contributed by atoms with Gasteiger partial charge >= 0.3 is 0 Å². The van der Waals surface area contributed by atoms with Crippen LogP contribution < -0.4 is 10.2 Å². The van der Waals surface area contributed by atoms with E-state index >= 15 is 0 Å². The molecule has 5 rings (SSSR count). The van der Waals surface area contributed by atoms with Crippen LogP contribution in [0.5, 0.6) is 0 Å². The standard InChI is InChI=1S/C26H24N4O/c31-26(28-17-23-6-2-4-8-25(23)30-16-14-27-19-30)22-11-9-20(10-12-22)18-29-15-13-21-5-1-3-7-24(21)29/h1-12,14,16,19H,13,15,17-18H2,(H,28,31). The molecule has 2 heterocycles. The van der Waals surface area contributed by atoms with Crippen molar-refractivity contribution in [2.75, 3.05) is 11.4 Å². The zero-order chi connectivity index (χ0) is 21.0. The predicted molar refractivity (Wildman–Crippen MR) is 122 cm³/mol. The number of aromatic nitrogens is 2. The quantitative estimate of drug-likeness (QED) is 0.516. The van der Waals surface area contributed by atoms with Crippen molar-refractivity contribution in [3.63, 3.8) is 0 Å². The minimum atomic E-state index is -0.0708. The van der Waals surface area contributed by atoms with E-state index in [-0.39, 0.29) is 5.91 Å². The number of rotatable bonds is 6. The normalized spacial score (nSPS) is 12.6. The largest absolute Gasteiger partial charge is 0.367 e. The van der Waals surface area contributed by atoms with Crippen LogP contribution in [0.3, 0.4) is 0 Å². The van der Waals surface area contributed by atoms with Crippen LogP contribution >= 0.6 is 0 Å². The molecule has 1 aromatic heterocycles. The first-order chi connectivity index (χ1) is 15.3. The first-order valence-corrected chi connectivity index (χ1v) is 10.5. The highest BCUT2D eigenvalue weighted by atomic mass is 16.1. The van der Waals surface area contributed by atoms with E-state index in [1.54, 1.807) is 12.5 Å². The Labute approximate surface area is 182 Å². The molecule has 154 valence electrons. The molecule has 0 fully saturated rings. The number of hydrogen-bond acceptors (Lipinski definition) is 3. The minimum Gasteiger partial charge on any atom is -0.367 e. The second-order valence-corrected chi connectivity index (χ2v) is 7.78. The van der Waals surface area contributed by atoms with Crippen LogP contribution in [0.2, 0.25) is 0 Å². The van der Waals surface area contributed by atoms with Gasteiger partial charge in [0.05, 0.1) is 12.0 Å². The van der Waals surface area contributed by atoms with Gasteiger partial charge in [-0.1, -0.05) is 48.5 Å². The zero-order valence-electron chi connectivity index (χ0n) is 17.2. The lowest BCUT2D eigenvalue weighted by molar-refractivity contribution is 0.0951. The molecule has 0 atom stereocenters. The summed E-state index contributed by atoms with van der Waals surface area (Å²) in [6, 6.07) is 24.5. The smallest absolute Gasteiger partial charge is 0.251 e. The van der Waals surface area contributed by atoms with Gasteiger partial charge in [0.15, 0.2) is 0 Å². The number of para-hydroxylation sites is 2. The Kier molecular flexibility index (Phi) is 5.23. The molecule has 5 heteroatoms. The molecule has 1 N–H and O–H groups in total. The van der Waals surface area contributed by atoms with Crippen LogP contribution in [0, 0.1) is 0 Å². The van der Waals surface area contributed by atoms with Gasteiger partial charge in [0.25, 0.3) is 5.91 Å². The van der Waals surface area contributed by atoms with Crippen molar-refractivity contribution in [2.45, 2.75) is 19.5 Å². The summed E-state index contributed by atoms with van der Waals surface area (Å²) in [6.45, 7) is 2.36. The number of carbonyl (C=O) groups is 1. The van der Waals surface area contributed by atoms with Gasteiger partial charge in [0.2, 0.25) is 0 Å². The van der Waals surface area contributed by atoms with Gasteiger partial charge in [-0.3, -0.25) is 4.79 Å². The van der Waals surface area contributed by atoms with Crippen molar-refractivity contribution in [3.05, 3.63) is 114 Å². The summed E-state index contributed by atoms with van der Waals surface area (Å²) in [5, 5.41) is 3.04. The van der Waals surface area contributed by atoms with Crippen molar-refractivity contribution in [2.24, 2.45) is 0 Å². The van der Waals surface area contributed by atoms with Crippen molar-refractivity contribution in [1.29, 1.82) is 0 Å². The molecule has 1 aliphatic heterocycles. The van der Waals surface area contributed by atoms with Gasteiger partial charge in [-0.25, -0.2) is 4.98 Å². The van der Waals surface area contributed by atoms with E-state index in [1.807, 2.05) is 47.2 Å². The van der Waals surface area contributed by atoms with Crippen molar-refractivity contribution >= 4 is 11.6 Å². The summed E-state index contributed by atoms with van der Waals surface area (Å²) in [6.07, 6.45) is 6.51. The average Bonchev–Trinajstić information content (AvgIpc) is 3.49. The topological polar surface area (TPSA) is 50.2 Å². The molecule has 3 aromatic carbocycles. The SMILES string of the molecule is O=C(NCc1ccccc1-n1ccnc1)c1ccc(CN2CCc3ccccc32)cc1. The number of nitrogens with one attached hydrogen (secondary N) is 1. The summed E-state index contributed by atoms with van der Waals surface area (Å²) < 4.78 is 1.95. The number of carbonyl (C=O) groups excluding carboxylic acids is 1. The molecule has 0 aliphatic carbocycles. The summed E-state index contributed by atoms with van der Waals surface area (Å²) in [5.41, 5.74) is 6.67. The number of amides is 1. The number of imidazole rings is 1. The Balaban J connectivity index is 1.23. The van der Waals surface area contributed by atoms with E-state index in [9.17, 15) is 4.79 Å². The lowest BCUT2D eigenvalue weighted by Gasteiger charge is -2.19. The number of benzene rings is 3. The second kappa shape index (κ2) is 8.48. The van der Waals surface area contributed by atoms with Crippen LogP contribution in [0.4, 0.5) is 5.69 Å². The molecule has 0 bridgehead atoms. The number of hydrogen-bond donors (Lipinski definition) is 1. The molecule has 4 aromatic rings. The van der Waals surface area contributed by atoms with E-state index in [0.29, 0.717) is 12.1 Å². The van der Waals surface area contributed by atoms with Crippen LogP contribution in [0.15, 0.2) is 91.5 Å². The summed E-state index contributed by atoms with van der Waals surface area (Å²) in [4.78, 5) is 19.2. The Morgan fingerprint density at radius 2 is 1.71 bits per heavy atom. The van der Waals surface area contributed by atoms with Gasteiger partial charge in [0, 0.05) is 43.3 Å². The molecule has 1 aliphatic rings. The lowest BCUT2D eigenvalue weighted by Crippen LogP contribution is -2.23. The monoisotopic (exact) mass is 408 g/mol. The first-order valence-electron chi connectivity index (χ1n) is 10.5. The fourth-order valence-corrected chi connectivity index (χ4v) is 4.14. The van der Waals surface area contributed by atoms with Gasteiger partial charge in [0.1, 0.15) is 0 Å². The Morgan fingerprint density at radius 3 is 2.52 bits per heavy atom. The van der Waals surface area contributed by atoms with Gasteiger partial charge < -0.3 is 14.8 Å². The van der Waals surface area contributed by atoms with E-state index in [0.717, 1.165) is 30.8 Å². The average molecular weight is 409 g/mol. The molecule has 5 nitrogen and oxygen atoms in total. The molecule has 31 heavy (non-hydrogen) atoms. The van der Waals surface area contributed by atoms with Crippen LogP contribution in [-0.2, 0) is 19.5 Å². The third-order valence-electron chi connectivity index (χ3n) is 5.79. The lowest BCUT2D eigenvalue weighted by atomic mass is 10.1. The van der Waals surface area contributed by atoms with E-state index < -0.39 is 0 Å². The van der Waals surface area contributed by atoms with E-state index in [4.69, 9.17) is 0 Å². The molecule has 1 amide bonds. The van der Waals surface area contributed by atoms with Gasteiger partial charge in [-0.2, -0.15) is 0 Å². The van der Waals surface area contributed by atoms with Crippen LogP contribution in [0.25, 0.3) is 5.69 Å². The highest BCUT2D eigenvalue weighted by molar-refractivity contribution is 5.94. The number of anilines is 1. The molecule has 0 unspecified atom stereocenters. The minimum absolute atomic E-state index is 0.0708. The number of fused-ring (bicyclic) bond motifs is 1. The Bertz CT molecular complexity index is 1180. The Morgan fingerprint density at radius 1 is 0.935 bits per heavy atom. The highest BCUT2D eigenvalue weighted by Gasteiger charge is 2.18. The van der Waals surface area contributed by atoms with Gasteiger partial charge in [-0.15, -0.1) is 0 Å². The van der Waals surface area contributed by atoms with Gasteiger partial charge in [-0.05, 0) is 47.4 Å². The number of nitrogens with zero attached hydrogens (tertiary/aromatic N) is 3. The van der Waals surface area contributed by atoms with Crippen LogP contribution in [-0.4, -0.2) is 22.0 Å². The maximum Gasteiger partial charge on any atom is 0.251 e. The van der Waals surface area contributed by atoms with E-state index in [2.05, 4.69) is 51.6 Å². The van der Waals surface area contributed by atoms with Crippen molar-refractivity contribution < 1.29 is 4.79 Å². The zero-order valence-corrected chi connectivity index (χ0v) is 17.2. The van der Waals surface area contributed by atoms with Crippen molar-refractivity contribution in [3.8, 4) is 5.69 Å². The maximum atomic E-state index is 12.7. The highest BCUT2D eigenvalue weighted by Crippen LogP contribution is 2.28.